The number of hydrogen-bond donors (Lipinski definition) is 1. The monoisotopic (exact) mass is 195 g/mol. The summed E-state index contributed by atoms with van der Waals surface area (Å²) in [6.07, 6.45) is 1.15. The number of rotatable bonds is 2. The van der Waals surface area contributed by atoms with Gasteiger partial charge in [-0.2, -0.15) is 5.26 Å². The van der Waals surface area contributed by atoms with Crippen LogP contribution < -0.4 is 5.73 Å². The maximum atomic E-state index is 10.3. The molecule has 0 spiro atoms. The first-order valence-electron chi connectivity index (χ1n) is 3.25. The van der Waals surface area contributed by atoms with Gasteiger partial charge in [0.05, 0.1) is 21.6 Å². The van der Waals surface area contributed by atoms with E-state index in [2.05, 4.69) is 0 Å². The van der Waals surface area contributed by atoms with Gasteiger partial charge in [-0.15, -0.1) is 0 Å². The van der Waals surface area contributed by atoms with Crippen LogP contribution in [-0.4, -0.2) is 4.92 Å². The van der Waals surface area contributed by atoms with Crippen LogP contribution in [0.5, 0.6) is 0 Å². The molecule has 0 fully saturated rings. The molecule has 1 aromatic rings. The van der Waals surface area contributed by atoms with Crippen LogP contribution in [0, 0.1) is 21.4 Å². The summed E-state index contributed by atoms with van der Waals surface area (Å²) in [4.78, 5) is 10.3. The zero-order chi connectivity index (χ0) is 9.84. The molecular formula is C7H5N3O2S. The molecule has 66 valence electrons. The van der Waals surface area contributed by atoms with Gasteiger partial charge >= 0.3 is 5.00 Å². The normalized spacial score (nSPS) is 10.8. The van der Waals surface area contributed by atoms with E-state index in [0.29, 0.717) is 4.88 Å². The second-order valence-corrected chi connectivity index (χ2v) is 3.19. The van der Waals surface area contributed by atoms with Crippen molar-refractivity contribution in [2.24, 2.45) is 5.73 Å². The largest absolute Gasteiger partial charge is 0.397 e. The Morgan fingerprint density at radius 1 is 1.77 bits per heavy atom. The molecule has 0 atom stereocenters. The highest BCUT2D eigenvalue weighted by Gasteiger charge is 2.10. The lowest BCUT2D eigenvalue weighted by Gasteiger charge is -1.89. The van der Waals surface area contributed by atoms with Crippen molar-refractivity contribution in [3.63, 3.8) is 0 Å². The van der Waals surface area contributed by atoms with Crippen LogP contribution >= 0.6 is 11.3 Å². The molecule has 2 N–H and O–H groups in total. The van der Waals surface area contributed by atoms with Gasteiger partial charge in [-0.3, -0.25) is 10.1 Å². The third-order valence-corrected chi connectivity index (χ3v) is 2.36. The Morgan fingerprint density at radius 2 is 2.46 bits per heavy atom. The van der Waals surface area contributed by atoms with E-state index in [9.17, 15) is 10.1 Å². The lowest BCUT2D eigenvalue weighted by molar-refractivity contribution is -0.380. The van der Waals surface area contributed by atoms with Crippen LogP contribution in [0.25, 0.3) is 5.70 Å². The molecule has 0 unspecified atom stereocenters. The van der Waals surface area contributed by atoms with Crippen molar-refractivity contribution < 1.29 is 4.92 Å². The lowest BCUT2D eigenvalue weighted by atomic mass is 10.3. The molecule has 0 saturated heterocycles. The Labute approximate surface area is 77.9 Å². The number of nitriles is 1. The fraction of sp³-hybridized carbons (Fsp3) is 0. The summed E-state index contributed by atoms with van der Waals surface area (Å²) in [6, 6.07) is 4.63. The predicted octanol–water partition coefficient (Wildman–Crippen LogP) is 1.48. The van der Waals surface area contributed by atoms with Gasteiger partial charge in [-0.05, 0) is 6.07 Å². The van der Waals surface area contributed by atoms with Gasteiger partial charge in [-0.25, -0.2) is 0 Å². The summed E-state index contributed by atoms with van der Waals surface area (Å²) in [5.41, 5.74) is 5.70. The number of nitro groups is 1. The third-order valence-electron chi connectivity index (χ3n) is 1.28. The van der Waals surface area contributed by atoms with Crippen molar-refractivity contribution in [3.8, 4) is 6.07 Å². The molecule has 0 aromatic carbocycles. The van der Waals surface area contributed by atoms with Crippen molar-refractivity contribution in [1.82, 2.24) is 0 Å². The van der Waals surface area contributed by atoms with Crippen LogP contribution in [-0.2, 0) is 0 Å². The van der Waals surface area contributed by atoms with Gasteiger partial charge in [0.25, 0.3) is 0 Å². The van der Waals surface area contributed by atoms with Gasteiger partial charge in [0.1, 0.15) is 0 Å². The van der Waals surface area contributed by atoms with Gasteiger partial charge in [0, 0.05) is 12.1 Å². The lowest BCUT2D eigenvalue weighted by Crippen LogP contribution is -1.91. The molecule has 0 bridgehead atoms. The molecule has 0 aliphatic rings. The van der Waals surface area contributed by atoms with Crippen molar-refractivity contribution in [3.05, 3.63) is 33.2 Å². The SMILES string of the molecule is N#C/C=C(/N)c1ccc([N+](=O)[O-])s1. The minimum atomic E-state index is -0.492. The molecule has 1 rings (SSSR count). The molecule has 13 heavy (non-hydrogen) atoms. The van der Waals surface area contributed by atoms with Gasteiger partial charge in [0.15, 0.2) is 0 Å². The van der Waals surface area contributed by atoms with E-state index in [1.807, 2.05) is 0 Å². The molecule has 0 aliphatic heterocycles. The Hall–Kier alpha value is -1.87. The predicted molar refractivity (Wildman–Crippen MR) is 48.8 cm³/mol. The maximum Gasteiger partial charge on any atom is 0.324 e. The molecule has 0 radical (unpaired) electrons. The second-order valence-electron chi connectivity index (χ2n) is 2.12. The minimum Gasteiger partial charge on any atom is -0.397 e. The van der Waals surface area contributed by atoms with E-state index in [1.165, 1.54) is 12.1 Å². The zero-order valence-corrected chi connectivity index (χ0v) is 7.25. The molecule has 1 heterocycles. The van der Waals surface area contributed by atoms with E-state index in [4.69, 9.17) is 11.0 Å². The number of hydrogen-bond acceptors (Lipinski definition) is 5. The first kappa shape index (κ1) is 9.22. The fourth-order valence-electron chi connectivity index (χ4n) is 0.722. The number of thiophene rings is 1. The standard InChI is InChI=1S/C7H5N3O2S/c8-4-3-5(9)6-1-2-7(13-6)10(11)12/h1-3H,9H2/b5-3+. The number of nitrogens with zero attached hydrogens (tertiary/aromatic N) is 2. The third kappa shape index (κ3) is 2.04. The number of allylic oxidation sites excluding steroid dienone is 1. The minimum absolute atomic E-state index is 0.0179. The van der Waals surface area contributed by atoms with Crippen LogP contribution in [0.2, 0.25) is 0 Å². The topological polar surface area (TPSA) is 93.0 Å². The summed E-state index contributed by atoms with van der Waals surface area (Å²) in [5.74, 6) is 0. The van der Waals surface area contributed by atoms with Gasteiger partial charge < -0.3 is 5.73 Å². The van der Waals surface area contributed by atoms with E-state index in [1.54, 1.807) is 6.07 Å². The average molecular weight is 195 g/mol. The first-order valence-corrected chi connectivity index (χ1v) is 4.06. The Bertz CT molecular complexity index is 402. The number of nitrogens with two attached hydrogens (primary N) is 1. The van der Waals surface area contributed by atoms with Gasteiger partial charge in [0.2, 0.25) is 0 Å². The highest BCUT2D eigenvalue weighted by atomic mass is 32.1. The molecule has 0 amide bonds. The van der Waals surface area contributed by atoms with Gasteiger partial charge in [-0.1, -0.05) is 11.3 Å². The molecule has 6 heteroatoms. The summed E-state index contributed by atoms with van der Waals surface area (Å²) >= 11 is 0.946. The van der Waals surface area contributed by atoms with Crippen molar-refractivity contribution in [2.75, 3.05) is 0 Å². The van der Waals surface area contributed by atoms with Crippen LogP contribution in [0.15, 0.2) is 18.2 Å². The van der Waals surface area contributed by atoms with Crippen molar-refractivity contribution >= 4 is 22.0 Å². The van der Waals surface area contributed by atoms with Crippen LogP contribution in [0.1, 0.15) is 4.88 Å². The maximum absolute atomic E-state index is 10.3. The smallest absolute Gasteiger partial charge is 0.324 e. The van der Waals surface area contributed by atoms with Crippen molar-refractivity contribution in [1.29, 1.82) is 5.26 Å². The second kappa shape index (κ2) is 3.69. The summed E-state index contributed by atoms with van der Waals surface area (Å²) in [6.45, 7) is 0. The van der Waals surface area contributed by atoms with E-state index < -0.39 is 4.92 Å². The summed E-state index contributed by atoms with van der Waals surface area (Å²) in [5, 5.41) is 18.6. The molecular weight excluding hydrogens is 190 g/mol. The van der Waals surface area contributed by atoms with Crippen LogP contribution in [0.3, 0.4) is 0 Å². The van der Waals surface area contributed by atoms with E-state index >= 15 is 0 Å². The Balaban J connectivity index is 3.00. The average Bonchev–Trinajstić information content (AvgIpc) is 2.52. The highest BCUT2D eigenvalue weighted by molar-refractivity contribution is 7.16. The molecule has 5 nitrogen and oxygen atoms in total. The quantitative estimate of drug-likeness (QED) is 0.439. The van der Waals surface area contributed by atoms with Crippen molar-refractivity contribution in [2.45, 2.75) is 0 Å². The van der Waals surface area contributed by atoms with E-state index in [0.717, 1.165) is 17.4 Å². The zero-order valence-electron chi connectivity index (χ0n) is 6.43. The first-order chi connectivity index (χ1) is 6.15. The Kier molecular flexibility index (Phi) is 2.62. The van der Waals surface area contributed by atoms with Crippen LogP contribution in [0.4, 0.5) is 5.00 Å². The molecule has 0 aliphatic carbocycles. The highest BCUT2D eigenvalue weighted by Crippen LogP contribution is 2.26. The fourth-order valence-corrected chi connectivity index (χ4v) is 1.47. The van der Waals surface area contributed by atoms with E-state index in [-0.39, 0.29) is 10.7 Å². The molecule has 0 saturated carbocycles. The summed E-state index contributed by atoms with van der Waals surface area (Å²) in [7, 11) is 0. The Morgan fingerprint density at radius 3 is 2.92 bits per heavy atom. The summed E-state index contributed by atoms with van der Waals surface area (Å²) < 4.78 is 0. The molecule has 1 aromatic heterocycles.